The Morgan fingerprint density at radius 1 is 1.45 bits per heavy atom. The number of hydrogen-bond acceptors (Lipinski definition) is 2. The number of benzene rings is 1. The number of rotatable bonds is 4. The lowest BCUT2D eigenvalue weighted by atomic mass is 10.0. The van der Waals surface area contributed by atoms with E-state index >= 15 is 0 Å². The number of nitrogens with two attached hydrogens (primary N) is 1. The van der Waals surface area contributed by atoms with Crippen molar-refractivity contribution in [2.75, 3.05) is 19.6 Å². The van der Waals surface area contributed by atoms with Gasteiger partial charge in [0.05, 0.1) is 11.0 Å². The van der Waals surface area contributed by atoms with Gasteiger partial charge in [-0.1, -0.05) is 19.1 Å². The summed E-state index contributed by atoms with van der Waals surface area (Å²) in [6.45, 7) is 5.12. The van der Waals surface area contributed by atoms with E-state index in [0.29, 0.717) is 5.96 Å². The Morgan fingerprint density at radius 3 is 3.14 bits per heavy atom. The minimum absolute atomic E-state index is 0.705. The molecule has 5 heteroatoms. The molecule has 1 aliphatic rings. The average Bonchev–Trinajstić information content (AvgIpc) is 2.94. The summed E-state index contributed by atoms with van der Waals surface area (Å²) in [5, 5.41) is 0. The number of aromatic amines is 1. The minimum Gasteiger partial charge on any atom is -0.370 e. The van der Waals surface area contributed by atoms with E-state index < -0.39 is 0 Å². The van der Waals surface area contributed by atoms with Crippen molar-refractivity contribution in [3.05, 3.63) is 30.1 Å². The van der Waals surface area contributed by atoms with E-state index in [1.54, 1.807) is 0 Å². The average molecular weight is 299 g/mol. The fourth-order valence-electron chi connectivity index (χ4n) is 3.06. The van der Waals surface area contributed by atoms with Gasteiger partial charge in [-0.2, -0.15) is 0 Å². The first-order valence-electron chi connectivity index (χ1n) is 8.21. The van der Waals surface area contributed by atoms with Gasteiger partial charge >= 0.3 is 0 Å². The van der Waals surface area contributed by atoms with Crippen LogP contribution in [0.4, 0.5) is 0 Å². The maximum absolute atomic E-state index is 6.10. The van der Waals surface area contributed by atoms with Gasteiger partial charge in [0.1, 0.15) is 5.82 Å². The van der Waals surface area contributed by atoms with Crippen molar-refractivity contribution < 1.29 is 0 Å². The Kier molecular flexibility index (Phi) is 4.61. The number of piperidine rings is 1. The number of aryl methyl sites for hydroxylation is 1. The summed E-state index contributed by atoms with van der Waals surface area (Å²) >= 11 is 0. The largest absolute Gasteiger partial charge is 0.370 e. The molecule has 0 spiro atoms. The molecule has 1 atom stereocenters. The van der Waals surface area contributed by atoms with Gasteiger partial charge in [-0.05, 0) is 37.3 Å². The highest BCUT2D eigenvalue weighted by atomic mass is 15.3. The summed E-state index contributed by atoms with van der Waals surface area (Å²) in [5.41, 5.74) is 8.23. The van der Waals surface area contributed by atoms with Crippen LogP contribution in [0.25, 0.3) is 11.0 Å². The van der Waals surface area contributed by atoms with Crippen LogP contribution in [0, 0.1) is 5.92 Å². The number of likely N-dealkylation sites (tertiary alicyclic amines) is 1. The molecule has 1 aromatic heterocycles. The first-order chi connectivity index (χ1) is 10.7. The predicted molar refractivity (Wildman–Crippen MR) is 90.9 cm³/mol. The lowest BCUT2D eigenvalue weighted by molar-refractivity contribution is 0.270. The van der Waals surface area contributed by atoms with Crippen LogP contribution >= 0.6 is 0 Å². The Balaban J connectivity index is 1.49. The normalized spacial score (nSPS) is 19.8. The van der Waals surface area contributed by atoms with E-state index in [9.17, 15) is 0 Å². The fraction of sp³-hybridized carbons (Fsp3) is 0.529. The van der Waals surface area contributed by atoms with Crippen LogP contribution in [-0.2, 0) is 6.42 Å². The van der Waals surface area contributed by atoms with Crippen LogP contribution in [-0.4, -0.2) is 40.5 Å². The van der Waals surface area contributed by atoms with E-state index in [-0.39, 0.29) is 0 Å². The lowest BCUT2D eigenvalue weighted by Gasteiger charge is -2.31. The molecule has 0 aliphatic carbocycles. The predicted octanol–water partition coefficient (Wildman–Crippen LogP) is 2.54. The van der Waals surface area contributed by atoms with Crippen molar-refractivity contribution in [1.29, 1.82) is 0 Å². The first-order valence-corrected chi connectivity index (χ1v) is 8.21. The Hall–Kier alpha value is -2.04. The standard InChI is InChI=1S/C17H25N5/c1-13-6-5-11-22(12-13)17(18)19-10-4-9-16-20-14-7-2-3-8-15(14)21-16/h2-3,7-8,13H,4-6,9-12H2,1H3,(H2,18,19)(H,20,21)/t13-/m1/s1. The molecule has 1 aromatic carbocycles. The summed E-state index contributed by atoms with van der Waals surface area (Å²) in [4.78, 5) is 14.7. The molecule has 5 nitrogen and oxygen atoms in total. The van der Waals surface area contributed by atoms with Crippen molar-refractivity contribution in [2.24, 2.45) is 16.6 Å². The highest BCUT2D eigenvalue weighted by molar-refractivity contribution is 5.78. The summed E-state index contributed by atoms with van der Waals surface area (Å²) in [6, 6.07) is 8.12. The maximum Gasteiger partial charge on any atom is 0.191 e. The third-order valence-corrected chi connectivity index (χ3v) is 4.26. The molecule has 0 radical (unpaired) electrons. The van der Waals surface area contributed by atoms with Gasteiger partial charge in [0.2, 0.25) is 0 Å². The Morgan fingerprint density at radius 2 is 2.32 bits per heavy atom. The number of fused-ring (bicyclic) bond motifs is 1. The van der Waals surface area contributed by atoms with Crippen LogP contribution < -0.4 is 5.73 Å². The number of nitrogens with one attached hydrogen (secondary N) is 1. The highest BCUT2D eigenvalue weighted by Crippen LogP contribution is 2.15. The van der Waals surface area contributed by atoms with Crippen molar-refractivity contribution in [3.63, 3.8) is 0 Å². The molecule has 0 amide bonds. The van der Waals surface area contributed by atoms with Crippen LogP contribution in [0.2, 0.25) is 0 Å². The van der Waals surface area contributed by atoms with Gasteiger partial charge in [0.25, 0.3) is 0 Å². The number of hydrogen-bond donors (Lipinski definition) is 2. The van der Waals surface area contributed by atoms with Gasteiger partial charge in [-0.25, -0.2) is 4.98 Å². The Bertz CT molecular complexity index is 612. The fourth-order valence-corrected chi connectivity index (χ4v) is 3.06. The van der Waals surface area contributed by atoms with Crippen molar-refractivity contribution >= 4 is 17.0 Å². The number of para-hydroxylation sites is 2. The molecule has 2 heterocycles. The van der Waals surface area contributed by atoms with Gasteiger partial charge < -0.3 is 15.6 Å². The molecule has 1 saturated heterocycles. The molecule has 3 rings (SSSR count). The third kappa shape index (κ3) is 3.59. The zero-order chi connectivity index (χ0) is 15.4. The second-order valence-electron chi connectivity index (χ2n) is 6.24. The van der Waals surface area contributed by atoms with Crippen molar-refractivity contribution in [3.8, 4) is 0 Å². The molecule has 22 heavy (non-hydrogen) atoms. The van der Waals surface area contributed by atoms with E-state index in [2.05, 4.69) is 32.9 Å². The second-order valence-corrected chi connectivity index (χ2v) is 6.24. The molecular weight excluding hydrogens is 274 g/mol. The summed E-state index contributed by atoms with van der Waals surface area (Å²) in [5.74, 6) is 2.45. The molecular formula is C17H25N5. The highest BCUT2D eigenvalue weighted by Gasteiger charge is 2.17. The van der Waals surface area contributed by atoms with Crippen molar-refractivity contribution in [2.45, 2.75) is 32.6 Å². The number of aromatic nitrogens is 2. The Labute approximate surface area is 131 Å². The van der Waals surface area contributed by atoms with Crippen LogP contribution in [0.1, 0.15) is 32.0 Å². The molecule has 3 N–H and O–H groups in total. The summed E-state index contributed by atoms with van der Waals surface area (Å²) in [6.07, 6.45) is 4.39. The summed E-state index contributed by atoms with van der Waals surface area (Å²) in [7, 11) is 0. The number of guanidine groups is 1. The smallest absolute Gasteiger partial charge is 0.191 e. The molecule has 1 fully saturated rings. The quantitative estimate of drug-likeness (QED) is 0.518. The molecule has 0 unspecified atom stereocenters. The SMILES string of the molecule is C[C@@H]1CCCN(C(N)=NCCCc2nc3ccccc3[nH]2)C1. The first kappa shape index (κ1) is 14.9. The number of imidazole rings is 1. The van der Waals surface area contributed by atoms with Gasteiger partial charge in [0.15, 0.2) is 5.96 Å². The molecule has 0 bridgehead atoms. The molecule has 2 aromatic rings. The van der Waals surface area contributed by atoms with E-state index in [1.807, 2.05) is 18.2 Å². The van der Waals surface area contributed by atoms with Crippen LogP contribution in [0.15, 0.2) is 29.3 Å². The molecule has 0 saturated carbocycles. The van der Waals surface area contributed by atoms with E-state index in [0.717, 1.165) is 55.3 Å². The topological polar surface area (TPSA) is 70.3 Å². The second kappa shape index (κ2) is 6.81. The van der Waals surface area contributed by atoms with E-state index in [1.165, 1.54) is 12.8 Å². The van der Waals surface area contributed by atoms with E-state index in [4.69, 9.17) is 5.73 Å². The monoisotopic (exact) mass is 299 g/mol. The molecule has 118 valence electrons. The summed E-state index contributed by atoms with van der Waals surface area (Å²) < 4.78 is 0. The lowest BCUT2D eigenvalue weighted by Crippen LogP contribution is -2.43. The third-order valence-electron chi connectivity index (χ3n) is 4.26. The number of H-pyrrole nitrogens is 1. The molecule has 1 aliphatic heterocycles. The van der Waals surface area contributed by atoms with Gasteiger partial charge in [-0.3, -0.25) is 4.99 Å². The number of aliphatic imine (C=N–C) groups is 1. The maximum atomic E-state index is 6.10. The minimum atomic E-state index is 0.705. The van der Waals surface area contributed by atoms with Gasteiger partial charge in [0, 0.05) is 26.1 Å². The number of nitrogens with zero attached hydrogens (tertiary/aromatic N) is 3. The van der Waals surface area contributed by atoms with Crippen LogP contribution in [0.5, 0.6) is 0 Å². The van der Waals surface area contributed by atoms with Crippen LogP contribution in [0.3, 0.4) is 0 Å². The zero-order valence-electron chi connectivity index (χ0n) is 13.3. The zero-order valence-corrected chi connectivity index (χ0v) is 13.3. The van der Waals surface area contributed by atoms with Gasteiger partial charge in [-0.15, -0.1) is 0 Å². The van der Waals surface area contributed by atoms with Crippen molar-refractivity contribution in [1.82, 2.24) is 14.9 Å².